The summed E-state index contributed by atoms with van der Waals surface area (Å²) >= 11 is 0. The average molecular weight is 465 g/mol. The molecule has 2 aromatic carbocycles. The lowest BCUT2D eigenvalue weighted by molar-refractivity contribution is -0.122. The van der Waals surface area contributed by atoms with Crippen LogP contribution in [0, 0.1) is 6.92 Å². The molecule has 1 heterocycles. The van der Waals surface area contributed by atoms with Crippen LogP contribution in [-0.2, 0) is 17.8 Å². The minimum absolute atomic E-state index is 0. The van der Waals surface area contributed by atoms with Crippen LogP contribution in [0.25, 0.3) is 0 Å². The molecule has 0 bridgehead atoms. The summed E-state index contributed by atoms with van der Waals surface area (Å²) in [5.74, 6) is 0.616. The molecule has 3 aromatic rings. The number of rotatable bonds is 9. The molecule has 0 saturated carbocycles. The second kappa shape index (κ2) is 13.0. The molecule has 0 aliphatic heterocycles. The quantitative estimate of drug-likeness (QED) is 0.507. The maximum Gasteiger partial charge on any atom is 0.237 e. The first kappa shape index (κ1) is 26.5. The van der Waals surface area contributed by atoms with E-state index in [1.807, 2.05) is 67.1 Å². The Morgan fingerprint density at radius 2 is 1.81 bits per heavy atom. The lowest BCUT2D eigenvalue weighted by Crippen LogP contribution is -2.45. The number of nitrogens with one attached hydrogen (secondary N) is 1. The molecule has 0 aliphatic rings. The maximum atomic E-state index is 12.3. The summed E-state index contributed by atoms with van der Waals surface area (Å²) in [7, 11) is 0. The molecule has 0 radical (unpaired) electrons. The van der Waals surface area contributed by atoms with Gasteiger partial charge in [0, 0.05) is 19.2 Å². The number of nitrogens with two attached hydrogens (primary N) is 1. The van der Waals surface area contributed by atoms with Crippen molar-refractivity contribution in [2.75, 3.05) is 6.54 Å². The Morgan fingerprint density at radius 3 is 2.52 bits per heavy atom. The summed E-state index contributed by atoms with van der Waals surface area (Å²) in [6.07, 6.45) is 3.94. The number of amides is 1. The topological polar surface area (TPSA) is 82.2 Å². The molecule has 2 atom stereocenters. The summed E-state index contributed by atoms with van der Waals surface area (Å²) in [4.78, 5) is 16.7. The van der Waals surface area contributed by atoms with Gasteiger partial charge in [-0.2, -0.15) is 0 Å². The molecule has 8 heteroatoms. The monoisotopic (exact) mass is 464 g/mol. The van der Waals surface area contributed by atoms with Crippen molar-refractivity contribution >= 4 is 30.7 Å². The van der Waals surface area contributed by atoms with E-state index >= 15 is 0 Å². The Labute approximate surface area is 196 Å². The van der Waals surface area contributed by atoms with E-state index < -0.39 is 6.04 Å². The molecular formula is C23H30Cl2N4O2. The zero-order valence-electron chi connectivity index (χ0n) is 17.7. The van der Waals surface area contributed by atoms with Crippen molar-refractivity contribution in [3.63, 3.8) is 0 Å². The van der Waals surface area contributed by atoms with Crippen molar-refractivity contribution in [2.24, 2.45) is 5.73 Å². The Bertz CT molecular complexity index is 934. The fourth-order valence-electron chi connectivity index (χ4n) is 3.03. The first-order valence-electron chi connectivity index (χ1n) is 9.81. The molecule has 6 nitrogen and oxygen atoms in total. The average Bonchev–Trinajstić information content (AvgIpc) is 3.15. The number of halogens is 2. The highest BCUT2D eigenvalue weighted by Crippen LogP contribution is 2.17. The van der Waals surface area contributed by atoms with Crippen molar-refractivity contribution in [2.45, 2.75) is 39.0 Å². The third-order valence-electron chi connectivity index (χ3n) is 4.65. The number of carbonyl (C=O) groups excluding carboxylic acids is 1. The van der Waals surface area contributed by atoms with Crippen molar-refractivity contribution in [1.29, 1.82) is 0 Å². The predicted molar refractivity (Wildman–Crippen MR) is 128 cm³/mol. The second-order valence-corrected chi connectivity index (χ2v) is 7.27. The van der Waals surface area contributed by atoms with Crippen LogP contribution < -0.4 is 15.8 Å². The van der Waals surface area contributed by atoms with Gasteiger partial charge in [-0.3, -0.25) is 4.79 Å². The van der Waals surface area contributed by atoms with E-state index in [-0.39, 0.29) is 36.8 Å². The summed E-state index contributed by atoms with van der Waals surface area (Å²) in [6, 6.07) is 17.3. The van der Waals surface area contributed by atoms with Crippen molar-refractivity contribution < 1.29 is 9.53 Å². The molecule has 0 fully saturated rings. The van der Waals surface area contributed by atoms with Crippen LogP contribution >= 0.6 is 24.8 Å². The normalized spacial score (nSPS) is 12.1. The second-order valence-electron chi connectivity index (χ2n) is 7.27. The number of para-hydroxylation sites is 1. The van der Waals surface area contributed by atoms with E-state index in [1.54, 1.807) is 6.33 Å². The van der Waals surface area contributed by atoms with Gasteiger partial charge < -0.3 is 20.4 Å². The predicted octanol–water partition coefficient (Wildman–Crippen LogP) is 3.54. The molecule has 1 aromatic heterocycles. The van der Waals surface area contributed by atoms with Gasteiger partial charge in [-0.1, -0.05) is 48.5 Å². The number of carbonyl (C=O) groups is 1. The maximum absolute atomic E-state index is 12.3. The van der Waals surface area contributed by atoms with Crippen LogP contribution in [-0.4, -0.2) is 34.1 Å². The van der Waals surface area contributed by atoms with Gasteiger partial charge in [0.25, 0.3) is 0 Å². The third-order valence-corrected chi connectivity index (χ3v) is 4.65. The van der Waals surface area contributed by atoms with Gasteiger partial charge in [-0.15, -0.1) is 24.8 Å². The highest BCUT2D eigenvalue weighted by molar-refractivity contribution is 5.85. The molecule has 1 amide bonds. The fraction of sp³-hybridized carbons (Fsp3) is 0.304. The lowest BCUT2D eigenvalue weighted by atomic mass is 10.1. The van der Waals surface area contributed by atoms with Crippen LogP contribution in [0.3, 0.4) is 0 Å². The van der Waals surface area contributed by atoms with Crippen LogP contribution in [0.2, 0.25) is 0 Å². The van der Waals surface area contributed by atoms with E-state index in [2.05, 4.69) is 22.4 Å². The first-order valence-corrected chi connectivity index (χ1v) is 9.81. The summed E-state index contributed by atoms with van der Waals surface area (Å²) in [6.45, 7) is 5.04. The van der Waals surface area contributed by atoms with Crippen LogP contribution in [0.4, 0.5) is 0 Å². The number of imidazole rings is 1. The zero-order chi connectivity index (χ0) is 20.6. The summed E-state index contributed by atoms with van der Waals surface area (Å²) < 4.78 is 7.88. The molecule has 0 saturated heterocycles. The van der Waals surface area contributed by atoms with Crippen LogP contribution in [0.15, 0.2) is 67.1 Å². The number of aryl methyl sites for hydroxylation is 1. The van der Waals surface area contributed by atoms with Gasteiger partial charge in [-0.25, -0.2) is 4.98 Å². The number of hydrogen-bond acceptors (Lipinski definition) is 4. The molecule has 0 spiro atoms. The van der Waals surface area contributed by atoms with Crippen LogP contribution in [0.1, 0.15) is 23.7 Å². The standard InChI is InChI=1S/C23H28N4O2.2ClH/c1-17-8-6-7-11-22(17)29-18(2)13-25-23(28)21(24)12-20-15-27(16-26-20)14-19-9-4-3-5-10-19;;/h3-11,15-16,18,21H,12-14,24H2,1-2H3,(H,25,28);2*1H/t18?,21-;;/m0../s1. The van der Waals surface area contributed by atoms with Gasteiger partial charge >= 0.3 is 0 Å². The third kappa shape index (κ3) is 8.25. The molecule has 1 unspecified atom stereocenters. The summed E-state index contributed by atoms with van der Waals surface area (Å²) in [5, 5.41) is 2.87. The lowest BCUT2D eigenvalue weighted by Gasteiger charge is -2.18. The van der Waals surface area contributed by atoms with E-state index in [0.717, 1.165) is 23.6 Å². The van der Waals surface area contributed by atoms with Gasteiger partial charge in [0.2, 0.25) is 5.91 Å². The molecule has 31 heavy (non-hydrogen) atoms. The molecule has 0 aliphatic carbocycles. The van der Waals surface area contributed by atoms with Crippen LogP contribution in [0.5, 0.6) is 5.75 Å². The minimum Gasteiger partial charge on any atom is -0.489 e. The number of benzene rings is 2. The fourth-order valence-corrected chi connectivity index (χ4v) is 3.03. The van der Waals surface area contributed by atoms with Crippen molar-refractivity contribution in [3.05, 3.63) is 83.9 Å². The Morgan fingerprint density at radius 1 is 1.13 bits per heavy atom. The van der Waals surface area contributed by atoms with Crippen molar-refractivity contribution in [1.82, 2.24) is 14.9 Å². The number of ether oxygens (including phenoxy) is 1. The van der Waals surface area contributed by atoms with E-state index in [4.69, 9.17) is 10.5 Å². The molecule has 3 rings (SSSR count). The molecular weight excluding hydrogens is 435 g/mol. The molecule has 3 N–H and O–H groups in total. The smallest absolute Gasteiger partial charge is 0.237 e. The van der Waals surface area contributed by atoms with Gasteiger partial charge in [0.15, 0.2) is 0 Å². The van der Waals surface area contributed by atoms with E-state index in [9.17, 15) is 4.79 Å². The van der Waals surface area contributed by atoms with Gasteiger partial charge in [0.05, 0.1) is 24.6 Å². The highest BCUT2D eigenvalue weighted by atomic mass is 35.5. The SMILES string of the molecule is Cc1ccccc1OC(C)CNC(=O)[C@@H](N)Cc1cn(Cc2ccccc2)cn1.Cl.Cl. The Hall–Kier alpha value is -2.54. The van der Waals surface area contributed by atoms with E-state index in [0.29, 0.717) is 13.0 Å². The molecule has 168 valence electrons. The van der Waals surface area contributed by atoms with Gasteiger partial charge in [-0.05, 0) is 31.0 Å². The Kier molecular flexibility index (Phi) is 11.1. The van der Waals surface area contributed by atoms with E-state index in [1.165, 1.54) is 5.56 Å². The van der Waals surface area contributed by atoms with Gasteiger partial charge in [0.1, 0.15) is 11.9 Å². The van der Waals surface area contributed by atoms with Crippen molar-refractivity contribution in [3.8, 4) is 5.75 Å². The highest BCUT2D eigenvalue weighted by Gasteiger charge is 2.17. The minimum atomic E-state index is -0.652. The number of hydrogen-bond donors (Lipinski definition) is 2. The largest absolute Gasteiger partial charge is 0.489 e. The first-order chi connectivity index (χ1) is 14.0. The Balaban J connectivity index is 0.00000240. The zero-order valence-corrected chi connectivity index (χ0v) is 19.4. The number of nitrogens with zero attached hydrogens (tertiary/aromatic N) is 2. The summed E-state index contributed by atoms with van der Waals surface area (Å²) in [5.41, 5.74) is 9.13. The number of aromatic nitrogens is 2.